The first-order chi connectivity index (χ1) is 9.15. The number of esters is 2. The van der Waals surface area contributed by atoms with Crippen LogP contribution in [0.2, 0.25) is 0 Å². The molecule has 19 heavy (non-hydrogen) atoms. The molecule has 0 aliphatic heterocycles. The van der Waals surface area contributed by atoms with Crippen LogP contribution in [0, 0.1) is 23.7 Å². The molecule has 4 nitrogen and oxygen atoms in total. The lowest BCUT2D eigenvalue weighted by atomic mass is 9.55. The van der Waals surface area contributed by atoms with Crippen molar-refractivity contribution in [2.45, 2.75) is 38.2 Å². The Balaban J connectivity index is 1.52. The smallest absolute Gasteiger partial charge is 0.344 e. The topological polar surface area (TPSA) is 52.6 Å². The lowest BCUT2D eigenvalue weighted by Gasteiger charge is -2.53. The predicted octanol–water partition coefficient (Wildman–Crippen LogP) is 2.14. The maximum absolute atomic E-state index is 11.7. The molecule has 4 aliphatic carbocycles. The zero-order chi connectivity index (χ0) is 13.4. The molecule has 0 aromatic rings. The van der Waals surface area contributed by atoms with E-state index in [0.29, 0.717) is 11.8 Å². The average molecular weight is 287 g/mol. The second-order valence-corrected chi connectivity index (χ2v) is 6.45. The Labute approximate surface area is 117 Å². The summed E-state index contributed by atoms with van der Waals surface area (Å²) in [5.74, 6) is 1.52. The van der Waals surface area contributed by atoms with E-state index in [1.54, 1.807) is 0 Å². The van der Waals surface area contributed by atoms with Gasteiger partial charge in [-0.3, -0.25) is 4.79 Å². The number of carbonyl (C=O) groups excluding carboxylic acids is 2. The minimum absolute atomic E-state index is 0.0509. The summed E-state index contributed by atoms with van der Waals surface area (Å²) >= 11 is 5.30. The second kappa shape index (κ2) is 5.31. The van der Waals surface area contributed by atoms with Crippen molar-refractivity contribution in [3.05, 3.63) is 0 Å². The monoisotopic (exact) mass is 286 g/mol. The quantitative estimate of drug-likeness (QED) is 0.587. The van der Waals surface area contributed by atoms with Gasteiger partial charge in [-0.1, -0.05) is 0 Å². The van der Waals surface area contributed by atoms with E-state index < -0.39 is 11.9 Å². The van der Waals surface area contributed by atoms with E-state index in [9.17, 15) is 9.59 Å². The maximum atomic E-state index is 11.7. The average Bonchev–Trinajstić information content (AvgIpc) is 2.39. The molecule has 0 N–H and O–H groups in total. The Morgan fingerprint density at radius 2 is 1.53 bits per heavy atom. The van der Waals surface area contributed by atoms with Crippen molar-refractivity contribution in [1.29, 1.82) is 0 Å². The first-order valence-electron chi connectivity index (χ1n) is 7.06. The molecule has 5 heteroatoms. The predicted molar refractivity (Wildman–Crippen MR) is 68.6 cm³/mol. The molecule has 0 heterocycles. The van der Waals surface area contributed by atoms with Crippen molar-refractivity contribution in [2.75, 3.05) is 12.5 Å². The third kappa shape index (κ3) is 2.73. The van der Waals surface area contributed by atoms with Gasteiger partial charge in [-0.05, 0) is 55.8 Å². The van der Waals surface area contributed by atoms with Gasteiger partial charge >= 0.3 is 11.9 Å². The van der Waals surface area contributed by atoms with Gasteiger partial charge in [0.2, 0.25) is 0 Å². The summed E-state index contributed by atoms with van der Waals surface area (Å²) in [6.07, 6.45) is 6.23. The number of hydrogen-bond acceptors (Lipinski definition) is 4. The highest BCUT2D eigenvalue weighted by Gasteiger charge is 2.49. The summed E-state index contributed by atoms with van der Waals surface area (Å²) in [6.45, 7) is -0.311. The van der Waals surface area contributed by atoms with Crippen LogP contribution in [0.15, 0.2) is 0 Å². The van der Waals surface area contributed by atoms with Crippen LogP contribution in [-0.2, 0) is 19.1 Å². The van der Waals surface area contributed by atoms with Crippen molar-refractivity contribution >= 4 is 23.5 Å². The molecular weight excluding hydrogens is 268 g/mol. The zero-order valence-corrected chi connectivity index (χ0v) is 11.6. The summed E-state index contributed by atoms with van der Waals surface area (Å²) in [4.78, 5) is 22.6. The number of alkyl halides is 1. The van der Waals surface area contributed by atoms with E-state index in [4.69, 9.17) is 21.1 Å². The van der Waals surface area contributed by atoms with Crippen molar-refractivity contribution < 1.29 is 19.1 Å². The largest absolute Gasteiger partial charge is 0.459 e. The Morgan fingerprint density at radius 3 is 2.05 bits per heavy atom. The molecule has 0 aromatic carbocycles. The van der Waals surface area contributed by atoms with Crippen LogP contribution in [0.1, 0.15) is 32.1 Å². The molecule has 4 saturated carbocycles. The number of rotatable bonds is 4. The molecule has 0 amide bonds. The summed E-state index contributed by atoms with van der Waals surface area (Å²) in [7, 11) is 0. The minimum atomic E-state index is -0.580. The summed E-state index contributed by atoms with van der Waals surface area (Å²) in [5.41, 5.74) is 0. The normalized spacial score (nSPS) is 39.1. The van der Waals surface area contributed by atoms with Gasteiger partial charge in [0.05, 0.1) is 0 Å². The van der Waals surface area contributed by atoms with Crippen LogP contribution in [-0.4, -0.2) is 30.5 Å². The fourth-order valence-corrected chi connectivity index (χ4v) is 4.51. The van der Waals surface area contributed by atoms with Crippen molar-refractivity contribution in [2.24, 2.45) is 23.7 Å². The maximum Gasteiger partial charge on any atom is 0.344 e. The first-order valence-corrected chi connectivity index (χ1v) is 7.60. The van der Waals surface area contributed by atoms with Crippen molar-refractivity contribution in [3.8, 4) is 0 Å². The van der Waals surface area contributed by atoms with E-state index in [0.717, 1.165) is 11.8 Å². The van der Waals surface area contributed by atoms with E-state index >= 15 is 0 Å². The highest BCUT2D eigenvalue weighted by Crippen LogP contribution is 2.54. The summed E-state index contributed by atoms with van der Waals surface area (Å²) in [5, 5.41) is 0. The fourth-order valence-electron chi connectivity index (χ4n) is 4.43. The fraction of sp³-hybridized carbons (Fsp3) is 0.857. The van der Waals surface area contributed by atoms with Gasteiger partial charge in [-0.15, -0.1) is 11.6 Å². The van der Waals surface area contributed by atoms with E-state index in [1.165, 1.54) is 32.1 Å². The third-order valence-electron chi connectivity index (χ3n) is 4.87. The van der Waals surface area contributed by atoms with Crippen LogP contribution < -0.4 is 0 Å². The van der Waals surface area contributed by atoms with Crippen LogP contribution in [0.3, 0.4) is 0 Å². The van der Waals surface area contributed by atoms with Gasteiger partial charge in [0.1, 0.15) is 12.0 Å². The molecule has 0 radical (unpaired) electrons. The molecule has 0 aromatic heterocycles. The first kappa shape index (κ1) is 13.2. The lowest BCUT2D eigenvalue weighted by Crippen LogP contribution is -2.50. The van der Waals surface area contributed by atoms with E-state index in [2.05, 4.69) is 0 Å². The van der Waals surface area contributed by atoms with Crippen LogP contribution in [0.5, 0.6) is 0 Å². The molecule has 0 unspecified atom stereocenters. The van der Waals surface area contributed by atoms with E-state index in [-0.39, 0.29) is 18.6 Å². The molecule has 4 fully saturated rings. The molecule has 0 saturated heterocycles. The summed E-state index contributed by atoms with van der Waals surface area (Å²) < 4.78 is 10.3. The van der Waals surface area contributed by atoms with Gasteiger partial charge < -0.3 is 9.47 Å². The van der Waals surface area contributed by atoms with Gasteiger partial charge in [-0.25, -0.2) is 4.79 Å². The number of hydrogen-bond donors (Lipinski definition) is 0. The molecule has 4 aliphatic rings. The lowest BCUT2D eigenvalue weighted by molar-refractivity contribution is -0.177. The number of halogens is 1. The van der Waals surface area contributed by atoms with Crippen LogP contribution >= 0.6 is 11.6 Å². The Hall–Kier alpha value is -0.770. The highest BCUT2D eigenvalue weighted by atomic mass is 35.5. The molecule has 4 rings (SSSR count). The molecule has 4 bridgehead atoms. The Kier molecular flexibility index (Phi) is 3.70. The van der Waals surface area contributed by atoms with Crippen molar-refractivity contribution in [3.63, 3.8) is 0 Å². The van der Waals surface area contributed by atoms with Crippen LogP contribution in [0.4, 0.5) is 0 Å². The van der Waals surface area contributed by atoms with Gasteiger partial charge in [0, 0.05) is 0 Å². The molecule has 0 spiro atoms. The number of carbonyl (C=O) groups is 2. The standard InChI is InChI=1S/C14H19ClO4/c15-6-12(16)18-7-13(17)19-14-10-2-8-1-9(4-10)5-11(14)3-8/h8-11,14H,1-7H2. The zero-order valence-electron chi connectivity index (χ0n) is 10.8. The SMILES string of the molecule is O=C(CCl)OCC(=O)OC1C2CC3CC(C2)CC1C3. The summed E-state index contributed by atoms with van der Waals surface area (Å²) in [6, 6.07) is 0. The second-order valence-electron chi connectivity index (χ2n) is 6.18. The molecular formula is C14H19ClO4. The highest BCUT2D eigenvalue weighted by molar-refractivity contribution is 6.26. The minimum Gasteiger partial charge on any atom is -0.459 e. The van der Waals surface area contributed by atoms with Gasteiger partial charge in [0.25, 0.3) is 0 Å². The van der Waals surface area contributed by atoms with Gasteiger partial charge in [-0.2, -0.15) is 0 Å². The van der Waals surface area contributed by atoms with E-state index in [1.807, 2.05) is 0 Å². The number of ether oxygens (including phenoxy) is 2. The Bertz CT molecular complexity index is 354. The third-order valence-corrected chi connectivity index (χ3v) is 5.09. The Morgan fingerprint density at radius 1 is 0.947 bits per heavy atom. The molecule has 106 valence electrons. The van der Waals surface area contributed by atoms with Gasteiger partial charge in [0.15, 0.2) is 6.61 Å². The molecule has 0 atom stereocenters. The van der Waals surface area contributed by atoms with Crippen LogP contribution in [0.25, 0.3) is 0 Å². The van der Waals surface area contributed by atoms with Crippen molar-refractivity contribution in [1.82, 2.24) is 0 Å².